The Kier molecular flexibility index (Phi) is 5.06. The van der Waals surface area contributed by atoms with Crippen LogP contribution in [0.4, 0.5) is 0 Å². The monoisotopic (exact) mass is 247 g/mol. The first-order valence-electron chi connectivity index (χ1n) is 7.19. The highest BCUT2D eigenvalue weighted by molar-refractivity contribution is 5.33. The molecule has 100 valence electrons. The number of hydrogen-bond acceptors (Lipinski definition) is 2. The van der Waals surface area contributed by atoms with Gasteiger partial charge in [0.05, 0.1) is 6.61 Å². The lowest BCUT2D eigenvalue weighted by Crippen LogP contribution is -2.24. The molecule has 1 aromatic rings. The fourth-order valence-corrected chi connectivity index (χ4v) is 2.92. The van der Waals surface area contributed by atoms with Crippen molar-refractivity contribution in [1.82, 2.24) is 4.90 Å². The maximum absolute atomic E-state index is 5.68. The molecule has 18 heavy (non-hydrogen) atoms. The molecule has 0 spiro atoms. The quantitative estimate of drug-likeness (QED) is 0.760. The molecule has 1 aliphatic rings. The highest BCUT2D eigenvalue weighted by atomic mass is 16.5. The second kappa shape index (κ2) is 6.79. The lowest BCUT2D eigenvalue weighted by Gasteiger charge is -2.22. The van der Waals surface area contributed by atoms with Crippen molar-refractivity contribution >= 4 is 0 Å². The van der Waals surface area contributed by atoms with E-state index < -0.39 is 0 Å². The summed E-state index contributed by atoms with van der Waals surface area (Å²) in [5, 5.41) is 0. The Morgan fingerprint density at radius 3 is 2.67 bits per heavy atom. The van der Waals surface area contributed by atoms with E-state index in [2.05, 4.69) is 30.1 Å². The van der Waals surface area contributed by atoms with E-state index in [1.165, 1.54) is 37.8 Å². The van der Waals surface area contributed by atoms with Gasteiger partial charge in [-0.05, 0) is 38.8 Å². The van der Waals surface area contributed by atoms with E-state index in [-0.39, 0.29) is 0 Å². The first-order chi connectivity index (χ1) is 8.79. The predicted molar refractivity (Wildman–Crippen MR) is 75.9 cm³/mol. The van der Waals surface area contributed by atoms with Crippen LogP contribution in [-0.2, 0) is 6.54 Å². The molecular weight excluding hydrogens is 222 g/mol. The van der Waals surface area contributed by atoms with E-state index in [0.717, 1.165) is 24.8 Å². The van der Waals surface area contributed by atoms with Gasteiger partial charge in [0.15, 0.2) is 0 Å². The fraction of sp³-hybridized carbons (Fsp3) is 0.625. The fourth-order valence-electron chi connectivity index (χ4n) is 2.92. The van der Waals surface area contributed by atoms with Crippen molar-refractivity contribution in [1.29, 1.82) is 0 Å². The first kappa shape index (κ1) is 13.4. The molecule has 0 radical (unpaired) electrons. The van der Waals surface area contributed by atoms with Crippen LogP contribution in [0.2, 0.25) is 0 Å². The largest absolute Gasteiger partial charge is 0.494 e. The van der Waals surface area contributed by atoms with Crippen LogP contribution in [0.25, 0.3) is 0 Å². The van der Waals surface area contributed by atoms with Crippen LogP contribution < -0.4 is 4.74 Å². The first-order valence-corrected chi connectivity index (χ1v) is 7.19. The summed E-state index contributed by atoms with van der Waals surface area (Å²) in [4.78, 5) is 2.44. The number of hydrogen-bond donors (Lipinski definition) is 0. The molecule has 0 aliphatic heterocycles. The van der Waals surface area contributed by atoms with Crippen LogP contribution in [0.3, 0.4) is 0 Å². The molecule has 0 heterocycles. The van der Waals surface area contributed by atoms with Gasteiger partial charge in [0.25, 0.3) is 0 Å². The van der Waals surface area contributed by atoms with E-state index in [9.17, 15) is 0 Å². The Balaban J connectivity index is 1.90. The molecular formula is C16H25NO. The molecule has 0 amide bonds. The van der Waals surface area contributed by atoms with Gasteiger partial charge < -0.3 is 9.64 Å². The lowest BCUT2D eigenvalue weighted by atomic mass is 10.1. The Hall–Kier alpha value is -1.02. The molecule has 2 heteroatoms. The molecule has 0 aromatic heterocycles. The third kappa shape index (κ3) is 3.74. The van der Waals surface area contributed by atoms with Crippen LogP contribution in [0.15, 0.2) is 24.3 Å². The van der Waals surface area contributed by atoms with Gasteiger partial charge in [-0.1, -0.05) is 31.0 Å². The molecule has 1 aliphatic carbocycles. The van der Waals surface area contributed by atoms with Crippen molar-refractivity contribution < 1.29 is 4.74 Å². The van der Waals surface area contributed by atoms with E-state index in [0.29, 0.717) is 0 Å². The summed E-state index contributed by atoms with van der Waals surface area (Å²) < 4.78 is 5.68. The zero-order valence-electron chi connectivity index (χ0n) is 11.7. The predicted octanol–water partition coefficient (Wildman–Crippen LogP) is 3.71. The van der Waals surface area contributed by atoms with E-state index in [4.69, 9.17) is 4.74 Å². The van der Waals surface area contributed by atoms with Gasteiger partial charge in [-0.25, -0.2) is 0 Å². The summed E-state index contributed by atoms with van der Waals surface area (Å²) in [5.74, 6) is 1.95. The molecule has 0 atom stereocenters. The summed E-state index contributed by atoms with van der Waals surface area (Å²) in [7, 11) is 2.22. The van der Waals surface area contributed by atoms with Crippen LogP contribution in [-0.4, -0.2) is 25.1 Å². The Labute approximate surface area is 111 Å². The molecule has 0 N–H and O–H groups in total. The number of nitrogens with zero attached hydrogens (tertiary/aromatic N) is 1. The molecule has 1 fully saturated rings. The second-order valence-corrected chi connectivity index (χ2v) is 5.39. The topological polar surface area (TPSA) is 12.5 Å². The van der Waals surface area contributed by atoms with Crippen molar-refractivity contribution in [2.24, 2.45) is 5.92 Å². The Morgan fingerprint density at radius 2 is 1.94 bits per heavy atom. The van der Waals surface area contributed by atoms with Crippen molar-refractivity contribution in [2.75, 3.05) is 20.2 Å². The van der Waals surface area contributed by atoms with Gasteiger partial charge in [-0.2, -0.15) is 0 Å². The van der Waals surface area contributed by atoms with Gasteiger partial charge in [0.1, 0.15) is 5.75 Å². The van der Waals surface area contributed by atoms with Crippen LogP contribution in [0.1, 0.15) is 38.2 Å². The second-order valence-electron chi connectivity index (χ2n) is 5.39. The maximum Gasteiger partial charge on any atom is 0.123 e. The molecule has 0 unspecified atom stereocenters. The SMILES string of the molecule is CCOc1ccccc1CN(C)CC1CCCC1. The third-order valence-electron chi connectivity index (χ3n) is 3.76. The van der Waals surface area contributed by atoms with Crippen LogP contribution in [0.5, 0.6) is 5.75 Å². The molecule has 2 nitrogen and oxygen atoms in total. The average Bonchev–Trinajstić information content (AvgIpc) is 2.84. The average molecular weight is 247 g/mol. The summed E-state index contributed by atoms with van der Waals surface area (Å²) in [6, 6.07) is 8.39. The summed E-state index contributed by atoms with van der Waals surface area (Å²) in [6.07, 6.45) is 5.68. The molecule has 0 bridgehead atoms. The molecule has 1 saturated carbocycles. The maximum atomic E-state index is 5.68. The minimum absolute atomic E-state index is 0.739. The van der Waals surface area contributed by atoms with Gasteiger partial charge in [-0.15, -0.1) is 0 Å². The zero-order chi connectivity index (χ0) is 12.8. The summed E-state index contributed by atoms with van der Waals surface area (Å²) in [5.41, 5.74) is 1.31. The van der Waals surface area contributed by atoms with Gasteiger partial charge in [0, 0.05) is 18.7 Å². The summed E-state index contributed by atoms with van der Waals surface area (Å²) >= 11 is 0. The van der Waals surface area contributed by atoms with Crippen molar-refractivity contribution in [3.05, 3.63) is 29.8 Å². The number of ether oxygens (including phenoxy) is 1. The zero-order valence-corrected chi connectivity index (χ0v) is 11.7. The van der Waals surface area contributed by atoms with Gasteiger partial charge in [0.2, 0.25) is 0 Å². The minimum Gasteiger partial charge on any atom is -0.494 e. The van der Waals surface area contributed by atoms with Crippen LogP contribution >= 0.6 is 0 Å². The van der Waals surface area contributed by atoms with E-state index >= 15 is 0 Å². The lowest BCUT2D eigenvalue weighted by molar-refractivity contribution is 0.263. The molecule has 1 aromatic carbocycles. The Bertz CT molecular complexity index is 358. The van der Waals surface area contributed by atoms with Gasteiger partial charge in [-0.3, -0.25) is 0 Å². The normalized spacial score (nSPS) is 16.4. The number of para-hydroxylation sites is 1. The number of rotatable bonds is 6. The summed E-state index contributed by atoms with van der Waals surface area (Å²) in [6.45, 7) is 5.00. The van der Waals surface area contributed by atoms with Crippen LogP contribution in [0, 0.1) is 5.92 Å². The van der Waals surface area contributed by atoms with Crippen molar-refractivity contribution in [3.63, 3.8) is 0 Å². The third-order valence-corrected chi connectivity index (χ3v) is 3.76. The number of benzene rings is 1. The van der Waals surface area contributed by atoms with Crippen molar-refractivity contribution in [3.8, 4) is 5.75 Å². The standard InChI is InChI=1S/C16H25NO/c1-3-18-16-11-7-6-10-15(16)13-17(2)12-14-8-4-5-9-14/h6-7,10-11,14H,3-5,8-9,12-13H2,1-2H3. The molecule has 0 saturated heterocycles. The Morgan fingerprint density at radius 1 is 1.22 bits per heavy atom. The molecule has 2 rings (SSSR count). The smallest absolute Gasteiger partial charge is 0.123 e. The highest BCUT2D eigenvalue weighted by Crippen LogP contribution is 2.26. The van der Waals surface area contributed by atoms with Gasteiger partial charge >= 0.3 is 0 Å². The van der Waals surface area contributed by atoms with E-state index in [1.807, 2.05) is 13.0 Å². The van der Waals surface area contributed by atoms with E-state index in [1.54, 1.807) is 0 Å². The highest BCUT2D eigenvalue weighted by Gasteiger charge is 2.17. The minimum atomic E-state index is 0.739. The van der Waals surface area contributed by atoms with Crippen molar-refractivity contribution in [2.45, 2.75) is 39.2 Å².